The van der Waals surface area contributed by atoms with E-state index in [1.54, 1.807) is 49.6 Å². The lowest BCUT2D eigenvalue weighted by Gasteiger charge is -2.28. The van der Waals surface area contributed by atoms with Crippen molar-refractivity contribution in [2.24, 2.45) is 0 Å². The predicted octanol–water partition coefficient (Wildman–Crippen LogP) is 0.387. The maximum Gasteiger partial charge on any atom is 0.295 e. The van der Waals surface area contributed by atoms with Crippen LogP contribution in [0, 0.1) is 0 Å². The lowest BCUT2D eigenvalue weighted by atomic mass is 9.94. The summed E-state index contributed by atoms with van der Waals surface area (Å²) in [4.78, 5) is 28.7. The van der Waals surface area contributed by atoms with Crippen molar-refractivity contribution in [1.29, 1.82) is 0 Å². The van der Waals surface area contributed by atoms with E-state index in [2.05, 4.69) is 0 Å². The van der Waals surface area contributed by atoms with Crippen molar-refractivity contribution in [3.8, 4) is 11.5 Å². The number of methoxy groups -OCH3 is 1. The molecule has 2 aliphatic rings. The molecular formula is C25H28N2O5. The third-order valence-corrected chi connectivity index (χ3v) is 5.97. The van der Waals surface area contributed by atoms with Gasteiger partial charge < -0.3 is 24.4 Å². The quantitative estimate of drug-likeness (QED) is 0.402. The molecule has 2 aliphatic heterocycles. The number of hydrogen-bond donors (Lipinski definition) is 1. The zero-order valence-electron chi connectivity index (χ0n) is 18.8. The summed E-state index contributed by atoms with van der Waals surface area (Å²) in [7, 11) is 5.53. The summed E-state index contributed by atoms with van der Waals surface area (Å²) < 4.78 is 11.0. The number of nitrogens with zero attached hydrogens (tertiary/aromatic N) is 1. The molecule has 4 rings (SSSR count). The molecule has 7 heteroatoms. The summed E-state index contributed by atoms with van der Waals surface area (Å²) in [5.41, 5.74) is 2.05. The topological polar surface area (TPSA) is 83.3 Å². The van der Waals surface area contributed by atoms with Gasteiger partial charge in [-0.3, -0.25) is 9.59 Å². The molecule has 168 valence electrons. The Morgan fingerprint density at radius 1 is 1.19 bits per heavy atom. The zero-order chi connectivity index (χ0) is 23.0. The molecule has 0 saturated carbocycles. The molecule has 0 spiro atoms. The van der Waals surface area contributed by atoms with Gasteiger partial charge in [0, 0.05) is 12.0 Å². The van der Waals surface area contributed by atoms with Gasteiger partial charge >= 0.3 is 0 Å². The van der Waals surface area contributed by atoms with Crippen molar-refractivity contribution in [2.45, 2.75) is 25.5 Å². The summed E-state index contributed by atoms with van der Waals surface area (Å²) in [6.07, 6.45) is 0.756. The summed E-state index contributed by atoms with van der Waals surface area (Å²) in [6, 6.07) is 11.6. The van der Waals surface area contributed by atoms with Crippen molar-refractivity contribution in [1.82, 2.24) is 4.90 Å². The first-order valence-corrected chi connectivity index (χ1v) is 10.8. The highest BCUT2D eigenvalue weighted by molar-refractivity contribution is 6.46. The van der Waals surface area contributed by atoms with E-state index in [9.17, 15) is 14.7 Å². The summed E-state index contributed by atoms with van der Waals surface area (Å²) in [6.45, 7) is 3.00. The van der Waals surface area contributed by atoms with Crippen molar-refractivity contribution < 1.29 is 29.1 Å². The molecule has 7 nitrogen and oxygen atoms in total. The number of quaternary nitrogens is 1. The van der Waals surface area contributed by atoms with Gasteiger partial charge in [0.15, 0.2) is 0 Å². The number of rotatable bonds is 6. The Hall–Kier alpha value is -3.32. The molecule has 2 heterocycles. The lowest BCUT2D eigenvalue weighted by Crippen LogP contribution is -3.06. The second-order valence-electron chi connectivity index (χ2n) is 8.66. The number of likely N-dealkylation sites (tertiary alicyclic amines) is 1. The Morgan fingerprint density at radius 2 is 1.91 bits per heavy atom. The average molecular weight is 437 g/mol. The molecule has 2 atom stereocenters. The molecule has 1 amide bonds. The Labute approximate surface area is 187 Å². The van der Waals surface area contributed by atoms with Gasteiger partial charge in [-0.2, -0.15) is 0 Å². The Kier molecular flexibility index (Phi) is 5.93. The van der Waals surface area contributed by atoms with E-state index in [1.807, 2.05) is 21.0 Å². The first-order valence-electron chi connectivity index (χ1n) is 10.8. The normalized spacial score (nSPS) is 21.7. The highest BCUT2D eigenvalue weighted by Crippen LogP contribution is 2.40. The van der Waals surface area contributed by atoms with Crippen LogP contribution in [0.2, 0.25) is 0 Å². The van der Waals surface area contributed by atoms with Crippen LogP contribution in [0.15, 0.2) is 48.0 Å². The van der Waals surface area contributed by atoms with Crippen LogP contribution in [0.25, 0.3) is 5.76 Å². The third kappa shape index (κ3) is 3.96. The van der Waals surface area contributed by atoms with Gasteiger partial charge in [0.05, 0.1) is 40.3 Å². The molecule has 1 saturated heterocycles. The second-order valence-corrected chi connectivity index (χ2v) is 8.66. The molecule has 2 aromatic rings. The van der Waals surface area contributed by atoms with Crippen LogP contribution in [0.4, 0.5) is 0 Å². The minimum Gasteiger partial charge on any atom is -0.872 e. The van der Waals surface area contributed by atoms with Gasteiger partial charge in [-0.15, -0.1) is 0 Å². The first kappa shape index (κ1) is 21.9. The summed E-state index contributed by atoms with van der Waals surface area (Å²) in [5, 5.41) is 13.6. The van der Waals surface area contributed by atoms with Gasteiger partial charge in [0.1, 0.15) is 17.6 Å². The molecule has 2 aromatic carbocycles. The number of ether oxygens (including phenoxy) is 2. The molecular weight excluding hydrogens is 408 g/mol. The third-order valence-electron chi connectivity index (χ3n) is 5.97. The number of likely N-dealkylation sites (N-methyl/N-ethyl adjacent to an activating group) is 1. The van der Waals surface area contributed by atoms with E-state index >= 15 is 0 Å². The fraction of sp³-hybridized carbons (Fsp3) is 0.360. The standard InChI is InChI=1S/C25H28N2O5/c1-15-13-18-14-17(7-10-20(18)32-15)23(28)21-22(16-5-8-19(31-4)9-6-16)27(12-11-26(2)3)25(30)24(21)29/h5-10,14-15,22,28H,11-13H2,1-4H3/b23-21+. The van der Waals surface area contributed by atoms with E-state index in [4.69, 9.17) is 9.47 Å². The van der Waals surface area contributed by atoms with Gasteiger partial charge in [0.25, 0.3) is 5.91 Å². The predicted molar refractivity (Wildman–Crippen MR) is 117 cm³/mol. The van der Waals surface area contributed by atoms with Gasteiger partial charge in [-0.1, -0.05) is 24.0 Å². The molecule has 0 aromatic heterocycles. The molecule has 0 radical (unpaired) electrons. The molecule has 0 aliphatic carbocycles. The second kappa shape index (κ2) is 8.67. The largest absolute Gasteiger partial charge is 0.872 e. The van der Waals surface area contributed by atoms with Crippen LogP contribution in [0.1, 0.15) is 29.7 Å². The van der Waals surface area contributed by atoms with Crippen LogP contribution in [-0.4, -0.2) is 57.0 Å². The number of Topliss-reactive ketones (excluding diaryl/α,β-unsaturated/α-hetero) is 1. The minimum absolute atomic E-state index is 0.000775. The average Bonchev–Trinajstić information content (AvgIpc) is 3.27. The fourth-order valence-corrected chi connectivity index (χ4v) is 4.30. The Bertz CT molecular complexity index is 1070. The minimum atomic E-state index is -0.727. The van der Waals surface area contributed by atoms with Crippen molar-refractivity contribution in [3.05, 3.63) is 64.7 Å². The van der Waals surface area contributed by atoms with E-state index < -0.39 is 23.5 Å². The molecule has 1 N–H and O–H groups in total. The van der Waals surface area contributed by atoms with Crippen LogP contribution >= 0.6 is 0 Å². The van der Waals surface area contributed by atoms with Crippen LogP contribution < -0.4 is 19.5 Å². The monoisotopic (exact) mass is 436 g/mol. The first-order chi connectivity index (χ1) is 15.3. The van der Waals surface area contributed by atoms with Gasteiger partial charge in [-0.25, -0.2) is 0 Å². The van der Waals surface area contributed by atoms with E-state index in [0.717, 1.165) is 16.2 Å². The van der Waals surface area contributed by atoms with E-state index in [-0.39, 0.29) is 11.7 Å². The highest BCUT2D eigenvalue weighted by atomic mass is 16.5. The SMILES string of the molecule is COc1ccc(C2/C(=C(\[O-])c3ccc4c(c3)CC(C)O4)C(=O)C(=O)N2CC[NH+](C)C)cc1. The van der Waals surface area contributed by atoms with Crippen molar-refractivity contribution in [3.63, 3.8) is 0 Å². The Balaban J connectivity index is 1.80. The Morgan fingerprint density at radius 3 is 2.56 bits per heavy atom. The maximum atomic E-state index is 13.6. The van der Waals surface area contributed by atoms with E-state index in [1.165, 1.54) is 4.90 Å². The highest BCUT2D eigenvalue weighted by Gasteiger charge is 2.44. The van der Waals surface area contributed by atoms with Crippen LogP contribution in [0.5, 0.6) is 11.5 Å². The number of carbonyl (C=O) groups is 2. The van der Waals surface area contributed by atoms with Crippen LogP contribution in [-0.2, 0) is 16.0 Å². The summed E-state index contributed by atoms with van der Waals surface area (Å²) >= 11 is 0. The molecule has 1 fully saturated rings. The number of amides is 1. The number of nitrogens with one attached hydrogen (secondary N) is 1. The van der Waals surface area contributed by atoms with E-state index in [0.29, 0.717) is 36.4 Å². The smallest absolute Gasteiger partial charge is 0.295 e. The van der Waals surface area contributed by atoms with Crippen LogP contribution in [0.3, 0.4) is 0 Å². The zero-order valence-corrected chi connectivity index (χ0v) is 18.8. The number of fused-ring (bicyclic) bond motifs is 1. The number of ketones is 1. The van der Waals surface area contributed by atoms with Crippen molar-refractivity contribution >= 4 is 17.4 Å². The summed E-state index contributed by atoms with van der Waals surface area (Å²) in [5.74, 6) is -0.348. The number of carbonyl (C=O) groups excluding carboxylic acids is 2. The van der Waals surface area contributed by atoms with Crippen molar-refractivity contribution in [2.75, 3.05) is 34.3 Å². The lowest BCUT2D eigenvalue weighted by molar-refractivity contribution is -0.857. The number of hydrogen-bond acceptors (Lipinski definition) is 5. The maximum absolute atomic E-state index is 13.6. The van der Waals surface area contributed by atoms with Gasteiger partial charge in [-0.05, 0) is 47.9 Å². The number of benzene rings is 2. The molecule has 32 heavy (non-hydrogen) atoms. The molecule has 2 unspecified atom stereocenters. The fourth-order valence-electron chi connectivity index (χ4n) is 4.30. The molecule has 0 bridgehead atoms. The van der Waals surface area contributed by atoms with Gasteiger partial charge in [0.2, 0.25) is 5.78 Å².